The first-order chi connectivity index (χ1) is 5.29. The van der Waals surface area contributed by atoms with Crippen molar-refractivity contribution < 1.29 is 8.92 Å². The highest BCUT2D eigenvalue weighted by Crippen LogP contribution is 2.08. The molecule has 2 nitrogen and oxygen atoms in total. The van der Waals surface area contributed by atoms with Gasteiger partial charge in [0, 0.05) is 0 Å². The molecule has 1 unspecified atom stereocenters. The van der Waals surface area contributed by atoms with Crippen molar-refractivity contribution in [1.29, 1.82) is 0 Å². The number of hydrogen-bond donors (Lipinski definition) is 0. The molecule has 1 aliphatic heterocycles. The Morgan fingerprint density at radius 1 is 1.45 bits per heavy atom. The van der Waals surface area contributed by atoms with Crippen molar-refractivity contribution >= 4 is 11.2 Å². The van der Waals surface area contributed by atoms with E-state index < -0.39 is 0 Å². The van der Waals surface area contributed by atoms with Gasteiger partial charge in [-0.2, -0.15) is 0 Å². The Morgan fingerprint density at radius 2 is 2.27 bits per heavy atom. The molecule has 62 valence electrons. The van der Waals surface area contributed by atoms with Crippen molar-refractivity contribution in [2.45, 2.75) is 20.0 Å². The first kappa shape index (κ1) is 8.68. The van der Waals surface area contributed by atoms with E-state index in [4.69, 9.17) is 8.92 Å². The van der Waals surface area contributed by atoms with E-state index in [2.05, 4.69) is 0 Å². The lowest BCUT2D eigenvalue weighted by Crippen LogP contribution is -2.13. The van der Waals surface area contributed by atoms with Gasteiger partial charge in [-0.05, 0) is 26.0 Å². The van der Waals surface area contributed by atoms with Crippen molar-refractivity contribution in [3.8, 4) is 0 Å². The van der Waals surface area contributed by atoms with Crippen LogP contribution in [0.3, 0.4) is 0 Å². The molecular weight excluding hydrogens is 160 g/mol. The molecule has 1 aliphatic rings. The molecule has 0 radical (unpaired) electrons. The van der Waals surface area contributed by atoms with E-state index in [9.17, 15) is 0 Å². The summed E-state index contributed by atoms with van der Waals surface area (Å²) in [6.45, 7) is 4.04. The zero-order chi connectivity index (χ0) is 8.10. The third-order valence-electron chi connectivity index (χ3n) is 1.12. The van der Waals surface area contributed by atoms with Gasteiger partial charge in [-0.3, -0.25) is 4.18 Å². The molecule has 0 N–H and O–H groups in total. The van der Waals surface area contributed by atoms with Gasteiger partial charge in [-0.25, -0.2) is 0 Å². The first-order valence-electron chi connectivity index (χ1n) is 3.61. The summed E-state index contributed by atoms with van der Waals surface area (Å²) in [4.78, 5) is 0. The molecule has 0 bridgehead atoms. The van der Waals surface area contributed by atoms with E-state index in [1.807, 2.05) is 31.4 Å². The molecule has 0 aromatic carbocycles. The van der Waals surface area contributed by atoms with Crippen LogP contribution in [-0.2, 0) is 20.1 Å². The summed E-state index contributed by atoms with van der Waals surface area (Å²) in [6.07, 6.45) is 5.84. The molecule has 3 heteroatoms. The van der Waals surface area contributed by atoms with Crippen LogP contribution in [0, 0.1) is 0 Å². The van der Waals surface area contributed by atoms with Gasteiger partial charge in [-0.15, -0.1) is 0 Å². The second-order valence-corrected chi connectivity index (χ2v) is 3.93. The fourth-order valence-electron chi connectivity index (χ4n) is 0.584. The van der Waals surface area contributed by atoms with Crippen molar-refractivity contribution in [1.82, 2.24) is 0 Å². The lowest BCUT2D eigenvalue weighted by atomic mass is 10.5. The summed E-state index contributed by atoms with van der Waals surface area (Å²) in [5.41, 5.74) is 0. The van der Waals surface area contributed by atoms with Gasteiger partial charge in [0.25, 0.3) is 17.1 Å². The van der Waals surface area contributed by atoms with Gasteiger partial charge in [0.2, 0.25) is 0 Å². The summed E-state index contributed by atoms with van der Waals surface area (Å²) in [7, 11) is 0. The molecule has 0 aromatic rings. The number of rotatable bonds is 3. The maximum absolute atomic E-state index is 5.38. The fraction of sp³-hybridized carbons (Fsp3) is 0.500. The summed E-state index contributed by atoms with van der Waals surface area (Å²) in [5.74, 6) is 0.665. The van der Waals surface area contributed by atoms with Crippen LogP contribution >= 0.6 is 0 Å². The summed E-state index contributed by atoms with van der Waals surface area (Å²) in [6, 6.07) is 0. The molecule has 11 heavy (non-hydrogen) atoms. The highest BCUT2D eigenvalue weighted by molar-refractivity contribution is 7.95. The molecule has 0 spiro atoms. The topological polar surface area (TPSA) is 18.5 Å². The largest absolute Gasteiger partial charge is 0.330 e. The SMILES string of the molecule is CC(C)OC[S+]1C=CC=CO1. The van der Waals surface area contributed by atoms with Crippen LogP contribution in [0.25, 0.3) is 0 Å². The standard InChI is InChI=1S/C8H13O2S/c1-8(2)9-7-11-6-4-3-5-10-11/h3-6,8H,7H2,1-2H3/q+1. The van der Waals surface area contributed by atoms with E-state index in [1.54, 1.807) is 6.26 Å². The second kappa shape index (κ2) is 4.46. The van der Waals surface area contributed by atoms with Gasteiger partial charge >= 0.3 is 0 Å². The molecule has 0 saturated heterocycles. The normalized spacial score (nSPS) is 22.3. The third kappa shape index (κ3) is 3.49. The van der Waals surface area contributed by atoms with E-state index in [-0.39, 0.29) is 17.3 Å². The molecule has 0 amide bonds. The van der Waals surface area contributed by atoms with Crippen molar-refractivity contribution in [2.24, 2.45) is 0 Å². The van der Waals surface area contributed by atoms with Crippen LogP contribution in [0.1, 0.15) is 13.8 Å². The van der Waals surface area contributed by atoms with Crippen LogP contribution in [0.4, 0.5) is 0 Å². The van der Waals surface area contributed by atoms with E-state index in [0.29, 0.717) is 5.94 Å². The van der Waals surface area contributed by atoms with Crippen molar-refractivity contribution in [3.05, 3.63) is 23.8 Å². The van der Waals surface area contributed by atoms with Crippen molar-refractivity contribution in [2.75, 3.05) is 5.94 Å². The highest BCUT2D eigenvalue weighted by atomic mass is 32.2. The van der Waals surface area contributed by atoms with Crippen LogP contribution in [-0.4, -0.2) is 12.0 Å². The lowest BCUT2D eigenvalue weighted by Gasteiger charge is -2.05. The van der Waals surface area contributed by atoms with Crippen LogP contribution in [0.5, 0.6) is 0 Å². The van der Waals surface area contributed by atoms with Gasteiger partial charge in [0.1, 0.15) is 0 Å². The first-order valence-corrected chi connectivity index (χ1v) is 4.99. The molecule has 0 aliphatic carbocycles. The minimum atomic E-state index is -0.155. The Labute approximate surface area is 70.4 Å². The Balaban J connectivity index is 2.17. The number of allylic oxidation sites excluding steroid dienone is 2. The van der Waals surface area contributed by atoms with Gasteiger partial charge in [0.05, 0.1) is 6.10 Å². The highest BCUT2D eigenvalue weighted by Gasteiger charge is 2.18. The van der Waals surface area contributed by atoms with E-state index in [1.165, 1.54) is 0 Å². The molecule has 0 fully saturated rings. The Morgan fingerprint density at radius 3 is 2.82 bits per heavy atom. The molecule has 1 heterocycles. The Kier molecular flexibility index (Phi) is 3.52. The average molecular weight is 173 g/mol. The summed E-state index contributed by atoms with van der Waals surface area (Å²) >= 11 is -0.155. The Hall–Kier alpha value is -0.410. The predicted molar refractivity (Wildman–Crippen MR) is 47.8 cm³/mol. The monoisotopic (exact) mass is 173 g/mol. The molecular formula is C8H13O2S+. The number of ether oxygens (including phenoxy) is 1. The summed E-state index contributed by atoms with van der Waals surface area (Å²) in [5, 5.41) is 2.02. The second-order valence-electron chi connectivity index (χ2n) is 2.47. The van der Waals surface area contributed by atoms with E-state index >= 15 is 0 Å². The van der Waals surface area contributed by atoms with Crippen LogP contribution in [0.2, 0.25) is 0 Å². The minimum absolute atomic E-state index is 0.155. The average Bonchev–Trinajstić information content (AvgIpc) is 2.03. The molecule has 0 aromatic heterocycles. The maximum Gasteiger partial charge on any atom is 0.256 e. The summed E-state index contributed by atoms with van der Waals surface area (Å²) < 4.78 is 10.6. The lowest BCUT2D eigenvalue weighted by molar-refractivity contribution is 0.116. The zero-order valence-corrected chi connectivity index (χ0v) is 7.64. The third-order valence-corrected chi connectivity index (χ3v) is 2.30. The molecule has 1 rings (SSSR count). The predicted octanol–water partition coefficient (Wildman–Crippen LogP) is 1.96. The van der Waals surface area contributed by atoms with Crippen molar-refractivity contribution in [3.63, 3.8) is 0 Å². The van der Waals surface area contributed by atoms with Gasteiger partial charge in [-0.1, -0.05) is 0 Å². The quantitative estimate of drug-likeness (QED) is 0.607. The van der Waals surface area contributed by atoms with Crippen LogP contribution in [0.15, 0.2) is 23.8 Å². The Bertz CT molecular complexity index is 163. The minimum Gasteiger partial charge on any atom is -0.330 e. The smallest absolute Gasteiger partial charge is 0.256 e. The number of hydrogen-bond acceptors (Lipinski definition) is 2. The molecule has 0 saturated carbocycles. The van der Waals surface area contributed by atoms with Gasteiger partial charge in [0.15, 0.2) is 11.7 Å². The molecule has 1 atom stereocenters. The van der Waals surface area contributed by atoms with E-state index in [0.717, 1.165) is 0 Å². The zero-order valence-electron chi connectivity index (χ0n) is 6.82. The fourth-order valence-corrected chi connectivity index (χ4v) is 1.66. The van der Waals surface area contributed by atoms with Gasteiger partial charge < -0.3 is 4.74 Å². The van der Waals surface area contributed by atoms with Crippen LogP contribution < -0.4 is 0 Å². The maximum atomic E-state index is 5.38.